The normalized spacial score (nSPS) is 19.5. The predicted molar refractivity (Wildman–Crippen MR) is 246 cm³/mol. The molecule has 1 saturated carbocycles. The zero-order valence-corrected chi connectivity index (χ0v) is 38.8. The van der Waals surface area contributed by atoms with Gasteiger partial charge in [-0.15, -0.1) is 11.3 Å². The number of carboxylic acid groups (broad SMARTS) is 1. The molecule has 6 heterocycles. The molecule has 3 aromatic heterocycles. The minimum atomic E-state index is -2.68. The number of likely N-dealkylation sites (N-methyl/N-ethyl adjacent to an activating group) is 1. The van der Waals surface area contributed by atoms with E-state index in [1.165, 1.54) is 29.8 Å². The molecule has 2 fully saturated rings. The Hall–Kier alpha value is -5.26. The number of piperazine rings is 1. The summed E-state index contributed by atoms with van der Waals surface area (Å²) in [5.41, 5.74) is 4.16. The van der Waals surface area contributed by atoms with Gasteiger partial charge in [0.2, 0.25) is 17.9 Å². The minimum Gasteiger partial charge on any atom is -0.490 e. The van der Waals surface area contributed by atoms with Crippen LogP contribution in [0.3, 0.4) is 0 Å². The van der Waals surface area contributed by atoms with Crippen LogP contribution < -0.4 is 18.9 Å². The highest BCUT2D eigenvalue weighted by Gasteiger charge is 2.37. The third kappa shape index (κ3) is 9.75. The first-order chi connectivity index (χ1) is 31.7. The van der Waals surface area contributed by atoms with E-state index in [4.69, 9.17) is 42.1 Å². The molecule has 0 radical (unpaired) electrons. The lowest BCUT2D eigenvalue weighted by Gasteiger charge is -2.35. The van der Waals surface area contributed by atoms with Gasteiger partial charge in [-0.3, -0.25) is 4.90 Å². The average molecular weight is 964 g/mol. The first-order valence-corrected chi connectivity index (χ1v) is 23.4. The van der Waals surface area contributed by atoms with E-state index in [2.05, 4.69) is 36.8 Å². The van der Waals surface area contributed by atoms with Gasteiger partial charge in [-0.1, -0.05) is 35.3 Å². The Bertz CT molecular complexity index is 2740. The topological polar surface area (TPSA) is 132 Å². The molecule has 4 aliphatic rings. The summed E-state index contributed by atoms with van der Waals surface area (Å²) in [5, 5.41) is 11.8. The number of alkyl halides is 2. The summed E-state index contributed by atoms with van der Waals surface area (Å²) in [7, 11) is 2.09. The molecule has 1 N–H and O–H groups in total. The Kier molecular flexibility index (Phi) is 13.3. The average Bonchev–Trinajstić information content (AvgIpc) is 3.69. The van der Waals surface area contributed by atoms with Crippen LogP contribution in [0.4, 0.5) is 13.2 Å². The summed E-state index contributed by atoms with van der Waals surface area (Å²) < 4.78 is 68.4. The lowest BCUT2D eigenvalue weighted by Crippen LogP contribution is -2.49. The maximum atomic E-state index is 14.4. The third-order valence-corrected chi connectivity index (χ3v) is 14.6. The molecule has 0 unspecified atom stereocenters. The number of hydrogen-bond acceptors (Lipinski definition) is 12. The van der Waals surface area contributed by atoms with Crippen molar-refractivity contribution in [2.24, 2.45) is 0 Å². The number of fused-ring (bicyclic) bond motifs is 7. The number of aliphatic carboxylic acids is 1. The van der Waals surface area contributed by atoms with Gasteiger partial charge in [0.05, 0.1) is 21.1 Å². The summed E-state index contributed by atoms with van der Waals surface area (Å²) in [4.78, 5) is 37.2. The number of thiophene rings is 1. The van der Waals surface area contributed by atoms with E-state index in [9.17, 15) is 23.1 Å². The Morgan fingerprint density at radius 3 is 2.39 bits per heavy atom. The van der Waals surface area contributed by atoms with Gasteiger partial charge in [0.25, 0.3) is 0 Å². The molecular formula is C48H47Cl2F3N6O6S. The molecule has 10 rings (SSSR count). The molecule has 66 heavy (non-hydrogen) atoms. The molecule has 3 aliphatic heterocycles. The van der Waals surface area contributed by atoms with E-state index in [-0.39, 0.29) is 67.2 Å². The first kappa shape index (κ1) is 45.9. The van der Waals surface area contributed by atoms with Crippen molar-refractivity contribution < 1.29 is 42.0 Å². The Balaban J connectivity index is 1.14. The maximum absolute atomic E-state index is 14.4. The van der Waals surface area contributed by atoms with E-state index in [1.807, 2.05) is 13.8 Å². The van der Waals surface area contributed by atoms with Crippen LogP contribution >= 0.6 is 34.5 Å². The second kappa shape index (κ2) is 19.2. The maximum Gasteiger partial charge on any atom is 0.345 e. The minimum absolute atomic E-state index is 0.00111. The Morgan fingerprint density at radius 1 is 0.955 bits per heavy atom. The molecule has 1 saturated heterocycles. The Morgan fingerprint density at radius 2 is 1.68 bits per heavy atom. The molecule has 0 spiro atoms. The van der Waals surface area contributed by atoms with Crippen molar-refractivity contribution in [3.8, 4) is 44.7 Å². The van der Waals surface area contributed by atoms with Crippen LogP contribution in [0, 0.1) is 19.7 Å². The highest BCUT2D eigenvalue weighted by molar-refractivity contribution is 7.22. The SMILES string of the molecule is Cc1c(Cl)c2c(Cl)c(C)c1-c1c(-c3ccc(F)cc3)sc3ncnc(c13)O[C@@H](C(=O)O)Cc1cc(ccc1OCc1ccnc(C3CCC(F)(F)CC3)n1)OC[C@@H](CN1CCN(C)CC1)O2. The van der Waals surface area contributed by atoms with E-state index in [1.54, 1.807) is 42.6 Å². The summed E-state index contributed by atoms with van der Waals surface area (Å²) in [6.45, 7) is 7.68. The van der Waals surface area contributed by atoms with Crippen LogP contribution in [0.25, 0.3) is 31.8 Å². The van der Waals surface area contributed by atoms with E-state index in [0.717, 1.165) is 26.2 Å². The summed E-state index contributed by atoms with van der Waals surface area (Å²) in [6.07, 6.45) is 0.790. The van der Waals surface area contributed by atoms with Gasteiger partial charge in [0, 0.05) is 80.1 Å². The highest BCUT2D eigenvalue weighted by Crippen LogP contribution is 2.53. The summed E-state index contributed by atoms with van der Waals surface area (Å²) >= 11 is 15.9. The second-order valence-electron chi connectivity index (χ2n) is 17.2. The number of halogens is 5. The molecular weight excluding hydrogens is 917 g/mol. The summed E-state index contributed by atoms with van der Waals surface area (Å²) in [6, 6.07) is 12.9. The fourth-order valence-corrected chi connectivity index (χ4v) is 10.5. The van der Waals surface area contributed by atoms with Crippen molar-refractivity contribution in [1.82, 2.24) is 29.7 Å². The lowest BCUT2D eigenvalue weighted by atomic mass is 9.86. The molecule has 6 aromatic rings. The number of aromatic nitrogens is 4. The van der Waals surface area contributed by atoms with Crippen molar-refractivity contribution in [2.45, 2.75) is 76.6 Å². The second-order valence-corrected chi connectivity index (χ2v) is 18.9. The molecule has 2 atom stereocenters. The number of nitrogens with zero attached hydrogens (tertiary/aromatic N) is 6. The van der Waals surface area contributed by atoms with Gasteiger partial charge in [-0.2, -0.15) is 0 Å². The van der Waals surface area contributed by atoms with Gasteiger partial charge in [0.1, 0.15) is 53.6 Å². The number of hydrogen-bond donors (Lipinski definition) is 1. The largest absolute Gasteiger partial charge is 0.490 e. The van der Waals surface area contributed by atoms with Gasteiger partial charge in [-0.05, 0) is 92.4 Å². The number of benzene rings is 3. The summed E-state index contributed by atoms with van der Waals surface area (Å²) in [5.74, 6) is -3.00. The van der Waals surface area contributed by atoms with Gasteiger partial charge >= 0.3 is 5.97 Å². The number of rotatable bonds is 8. The van der Waals surface area contributed by atoms with Crippen molar-refractivity contribution in [2.75, 3.05) is 46.4 Å². The molecule has 0 amide bonds. The molecule has 4 bridgehead atoms. The molecule has 346 valence electrons. The number of carbonyl (C=O) groups is 1. The van der Waals surface area contributed by atoms with Crippen LogP contribution in [-0.4, -0.2) is 105 Å². The monoisotopic (exact) mass is 962 g/mol. The zero-order valence-electron chi connectivity index (χ0n) is 36.5. The van der Waals surface area contributed by atoms with Gasteiger partial charge in [-0.25, -0.2) is 37.9 Å². The third-order valence-electron chi connectivity index (χ3n) is 12.6. The van der Waals surface area contributed by atoms with E-state index >= 15 is 0 Å². The van der Waals surface area contributed by atoms with Crippen LogP contribution in [0.5, 0.6) is 23.1 Å². The fraction of sp³-hybridized carbons (Fsp3) is 0.396. The standard InChI is InChI=1S/C48H47Cl2F3N6O6S/c1-26-37-27(2)41(50)42(40(26)49)64-34(22-59-18-16-58(3)17-19-59)24-62-33-8-9-35(63-23-32-12-15-54-44(57-32)29-10-13-48(52,53)14-11-29)30(20-33)21-36(47(60)61)65-45-39-38(37)43(66-46(39)56-25-55-45)28-4-6-31(51)7-5-28/h4-9,12,15,20,25,29,34,36H,10-11,13-14,16-19,21-24H2,1-3H3,(H,60,61)/t34-,36-/m1/s1. The quantitative estimate of drug-likeness (QED) is 0.156. The van der Waals surface area contributed by atoms with E-state index in [0.29, 0.717) is 83.8 Å². The van der Waals surface area contributed by atoms with Crippen molar-refractivity contribution in [1.29, 1.82) is 0 Å². The van der Waals surface area contributed by atoms with Crippen LogP contribution in [0.2, 0.25) is 10.0 Å². The van der Waals surface area contributed by atoms with Crippen molar-refractivity contribution >= 4 is 50.7 Å². The number of ether oxygens (including phenoxy) is 4. The van der Waals surface area contributed by atoms with Gasteiger partial charge < -0.3 is 29.0 Å². The van der Waals surface area contributed by atoms with Crippen LogP contribution in [0.1, 0.15) is 59.8 Å². The smallest absolute Gasteiger partial charge is 0.345 e. The zero-order chi connectivity index (χ0) is 46.3. The van der Waals surface area contributed by atoms with Gasteiger partial charge in [0.15, 0.2) is 5.75 Å². The van der Waals surface area contributed by atoms with Crippen molar-refractivity contribution in [3.05, 3.63) is 105 Å². The van der Waals surface area contributed by atoms with E-state index < -0.39 is 29.9 Å². The fourth-order valence-electron chi connectivity index (χ4n) is 8.85. The van der Waals surface area contributed by atoms with Crippen molar-refractivity contribution in [3.63, 3.8) is 0 Å². The first-order valence-electron chi connectivity index (χ1n) is 21.8. The van der Waals surface area contributed by atoms with Crippen LogP contribution in [-0.2, 0) is 17.8 Å². The van der Waals surface area contributed by atoms with Crippen LogP contribution in [0.15, 0.2) is 61.1 Å². The molecule has 12 nitrogen and oxygen atoms in total. The lowest BCUT2D eigenvalue weighted by molar-refractivity contribution is -0.145. The molecule has 18 heteroatoms. The number of carboxylic acids is 1. The Labute approximate surface area is 393 Å². The predicted octanol–water partition coefficient (Wildman–Crippen LogP) is 10.2. The molecule has 3 aromatic carbocycles. The molecule has 1 aliphatic carbocycles. The highest BCUT2D eigenvalue weighted by atomic mass is 35.5.